The average Bonchev–Trinajstić information content (AvgIpc) is 2.27. The number of aryl methyl sites for hydroxylation is 2. The highest BCUT2D eigenvalue weighted by atomic mass is 35.5. The van der Waals surface area contributed by atoms with E-state index < -0.39 is 5.56 Å². The quantitative estimate of drug-likeness (QED) is 0.697. The summed E-state index contributed by atoms with van der Waals surface area (Å²) in [6, 6.07) is 5.38. The van der Waals surface area contributed by atoms with Crippen molar-refractivity contribution in [2.75, 3.05) is 0 Å². The third kappa shape index (κ3) is 1.37. The molecule has 0 saturated carbocycles. The summed E-state index contributed by atoms with van der Waals surface area (Å²) in [6.07, 6.45) is 0. The van der Waals surface area contributed by atoms with Gasteiger partial charge in [-0.3, -0.25) is 4.79 Å². The summed E-state index contributed by atoms with van der Waals surface area (Å²) < 4.78 is 1.38. The van der Waals surface area contributed by atoms with Gasteiger partial charge in [0, 0.05) is 12.7 Å². The molecule has 0 aliphatic carbocycles. The molecule has 0 aliphatic heterocycles. The number of rotatable bonds is 0. The Labute approximate surface area is 96.7 Å². The molecule has 0 aromatic carbocycles. The Morgan fingerprint density at radius 2 is 2.19 bits per heavy atom. The van der Waals surface area contributed by atoms with E-state index in [-0.39, 0.29) is 10.6 Å². The number of hydrogen-bond acceptors (Lipinski definition) is 3. The number of aromatic nitrogens is 2. The van der Waals surface area contributed by atoms with Crippen molar-refractivity contribution < 1.29 is 0 Å². The molecule has 0 saturated heterocycles. The van der Waals surface area contributed by atoms with Gasteiger partial charge in [0.05, 0.1) is 10.5 Å². The maximum Gasteiger partial charge on any atom is 0.270 e. The van der Waals surface area contributed by atoms with E-state index in [9.17, 15) is 4.79 Å². The first-order valence-electron chi connectivity index (χ1n) is 4.62. The van der Waals surface area contributed by atoms with E-state index in [0.717, 1.165) is 5.69 Å². The standard InChI is InChI=1S/C11H8ClN3O/c1-6-3-4-8-10(14-6)9(12)7(5-13)11(16)15(8)2/h3-4H,1-2H3. The van der Waals surface area contributed by atoms with Gasteiger partial charge in [-0.15, -0.1) is 0 Å². The van der Waals surface area contributed by atoms with Crippen molar-refractivity contribution in [3.05, 3.63) is 38.8 Å². The van der Waals surface area contributed by atoms with E-state index >= 15 is 0 Å². The second kappa shape index (κ2) is 3.62. The maximum absolute atomic E-state index is 11.7. The van der Waals surface area contributed by atoms with Gasteiger partial charge in [-0.1, -0.05) is 11.6 Å². The summed E-state index contributed by atoms with van der Waals surface area (Å²) >= 11 is 5.99. The Kier molecular flexibility index (Phi) is 2.41. The fourth-order valence-electron chi connectivity index (χ4n) is 1.57. The third-order valence-corrected chi connectivity index (χ3v) is 2.80. The van der Waals surface area contributed by atoms with Crippen molar-refractivity contribution in [2.45, 2.75) is 6.92 Å². The Hall–Kier alpha value is -1.86. The van der Waals surface area contributed by atoms with Crippen molar-refractivity contribution >= 4 is 22.6 Å². The lowest BCUT2D eigenvalue weighted by atomic mass is 10.2. The van der Waals surface area contributed by atoms with Gasteiger partial charge >= 0.3 is 0 Å². The largest absolute Gasteiger partial charge is 0.309 e. The molecule has 0 radical (unpaired) electrons. The van der Waals surface area contributed by atoms with Gasteiger partial charge in [0.25, 0.3) is 5.56 Å². The van der Waals surface area contributed by atoms with Crippen LogP contribution in [0.1, 0.15) is 11.3 Å². The summed E-state index contributed by atoms with van der Waals surface area (Å²) in [4.78, 5) is 16.0. The fraction of sp³-hybridized carbons (Fsp3) is 0.182. The number of nitrogens with zero attached hydrogens (tertiary/aromatic N) is 3. The maximum atomic E-state index is 11.7. The Bertz CT molecular complexity index is 682. The summed E-state index contributed by atoms with van der Waals surface area (Å²) in [5.41, 5.74) is 1.44. The molecular formula is C11H8ClN3O. The molecule has 0 atom stereocenters. The highest BCUT2D eigenvalue weighted by Crippen LogP contribution is 2.22. The first-order chi connectivity index (χ1) is 7.56. The molecule has 0 aliphatic rings. The van der Waals surface area contributed by atoms with Gasteiger partial charge in [-0.25, -0.2) is 4.98 Å². The van der Waals surface area contributed by atoms with Crippen LogP contribution in [0.15, 0.2) is 16.9 Å². The van der Waals surface area contributed by atoms with Gasteiger partial charge in [0.15, 0.2) is 0 Å². The number of halogens is 1. The van der Waals surface area contributed by atoms with Crippen molar-refractivity contribution in [3.8, 4) is 6.07 Å². The van der Waals surface area contributed by atoms with E-state index in [1.165, 1.54) is 4.57 Å². The first kappa shape index (κ1) is 10.7. The molecule has 0 amide bonds. The molecule has 80 valence electrons. The Balaban J connectivity index is 3.10. The number of fused-ring (bicyclic) bond motifs is 1. The highest BCUT2D eigenvalue weighted by molar-refractivity contribution is 6.36. The molecule has 0 N–H and O–H groups in total. The fourth-order valence-corrected chi connectivity index (χ4v) is 1.83. The van der Waals surface area contributed by atoms with Crippen LogP contribution >= 0.6 is 11.6 Å². The SMILES string of the molecule is Cc1ccc2c(n1)c(Cl)c(C#N)c(=O)n2C. The molecule has 0 fully saturated rings. The van der Waals surface area contributed by atoms with Crippen LogP contribution in [-0.4, -0.2) is 9.55 Å². The lowest BCUT2D eigenvalue weighted by molar-refractivity contribution is 0.897. The molecule has 0 bridgehead atoms. The van der Waals surface area contributed by atoms with Crippen LogP contribution in [0.4, 0.5) is 0 Å². The highest BCUT2D eigenvalue weighted by Gasteiger charge is 2.14. The third-order valence-electron chi connectivity index (χ3n) is 2.43. The van der Waals surface area contributed by atoms with E-state index in [4.69, 9.17) is 16.9 Å². The second-order valence-electron chi connectivity index (χ2n) is 3.49. The Morgan fingerprint density at radius 1 is 1.50 bits per heavy atom. The zero-order chi connectivity index (χ0) is 11.9. The predicted molar refractivity (Wildman–Crippen MR) is 61.4 cm³/mol. The summed E-state index contributed by atoms with van der Waals surface area (Å²) in [6.45, 7) is 1.83. The van der Waals surface area contributed by atoms with Crippen LogP contribution in [0, 0.1) is 18.3 Å². The van der Waals surface area contributed by atoms with Crippen LogP contribution < -0.4 is 5.56 Å². The number of nitriles is 1. The van der Waals surface area contributed by atoms with Gasteiger partial charge in [-0.2, -0.15) is 5.26 Å². The lowest BCUT2D eigenvalue weighted by Crippen LogP contribution is -2.20. The molecule has 2 aromatic heterocycles. The van der Waals surface area contributed by atoms with Gasteiger partial charge < -0.3 is 4.57 Å². The van der Waals surface area contributed by atoms with Gasteiger partial charge in [0.1, 0.15) is 17.1 Å². The molecule has 0 unspecified atom stereocenters. The topological polar surface area (TPSA) is 58.7 Å². The summed E-state index contributed by atoms with van der Waals surface area (Å²) in [5.74, 6) is 0. The zero-order valence-electron chi connectivity index (χ0n) is 8.78. The molecule has 0 spiro atoms. The molecule has 4 nitrogen and oxygen atoms in total. The normalized spacial score (nSPS) is 10.4. The smallest absolute Gasteiger partial charge is 0.270 e. The van der Waals surface area contributed by atoms with Crippen LogP contribution in [0.25, 0.3) is 11.0 Å². The van der Waals surface area contributed by atoms with E-state index in [1.807, 2.05) is 13.0 Å². The minimum absolute atomic E-state index is 0.0604. The molecule has 2 rings (SSSR count). The van der Waals surface area contributed by atoms with Crippen LogP contribution in [0.2, 0.25) is 5.02 Å². The van der Waals surface area contributed by atoms with E-state index in [1.54, 1.807) is 19.2 Å². The Morgan fingerprint density at radius 3 is 2.81 bits per heavy atom. The minimum Gasteiger partial charge on any atom is -0.309 e. The summed E-state index contributed by atoms with van der Waals surface area (Å²) in [5, 5.41) is 9.01. The van der Waals surface area contributed by atoms with Crippen LogP contribution in [-0.2, 0) is 7.05 Å². The average molecular weight is 234 g/mol. The monoisotopic (exact) mass is 233 g/mol. The van der Waals surface area contributed by atoms with Crippen LogP contribution in [0.5, 0.6) is 0 Å². The molecule has 2 aromatic rings. The lowest BCUT2D eigenvalue weighted by Gasteiger charge is -2.07. The predicted octanol–water partition coefficient (Wildman–Crippen LogP) is 1.77. The van der Waals surface area contributed by atoms with Crippen LogP contribution in [0.3, 0.4) is 0 Å². The zero-order valence-corrected chi connectivity index (χ0v) is 9.54. The van der Waals surface area contributed by atoms with Crippen molar-refractivity contribution in [2.24, 2.45) is 7.05 Å². The molecular weight excluding hydrogens is 226 g/mol. The minimum atomic E-state index is -0.398. The second-order valence-corrected chi connectivity index (χ2v) is 3.86. The molecule has 2 heterocycles. The molecule has 16 heavy (non-hydrogen) atoms. The van der Waals surface area contributed by atoms with E-state index in [0.29, 0.717) is 11.0 Å². The first-order valence-corrected chi connectivity index (χ1v) is 5.00. The van der Waals surface area contributed by atoms with Crippen molar-refractivity contribution in [1.82, 2.24) is 9.55 Å². The number of pyridine rings is 2. The van der Waals surface area contributed by atoms with Crippen molar-refractivity contribution in [1.29, 1.82) is 5.26 Å². The molecule has 5 heteroatoms. The van der Waals surface area contributed by atoms with Gasteiger partial charge in [0.2, 0.25) is 0 Å². The van der Waals surface area contributed by atoms with E-state index in [2.05, 4.69) is 4.98 Å². The van der Waals surface area contributed by atoms with Crippen molar-refractivity contribution in [3.63, 3.8) is 0 Å². The summed E-state index contributed by atoms with van der Waals surface area (Å²) in [7, 11) is 1.60. The number of hydrogen-bond donors (Lipinski definition) is 0. The van der Waals surface area contributed by atoms with Gasteiger partial charge in [-0.05, 0) is 19.1 Å².